The van der Waals surface area contributed by atoms with Crippen molar-refractivity contribution in [3.8, 4) is 11.5 Å². The minimum atomic E-state index is -0.800. The van der Waals surface area contributed by atoms with Crippen molar-refractivity contribution in [3.05, 3.63) is 18.5 Å². The summed E-state index contributed by atoms with van der Waals surface area (Å²) in [5.74, 6) is 1.73. The molecule has 0 atom stereocenters. The quantitative estimate of drug-likeness (QED) is 0.192. The van der Waals surface area contributed by atoms with E-state index in [1.54, 1.807) is 0 Å². The average Bonchev–Trinajstić information content (AvgIpc) is 2.72. The van der Waals surface area contributed by atoms with Crippen molar-refractivity contribution in [2.45, 2.75) is 91.9 Å². The molecule has 0 radical (unpaired) electrons. The summed E-state index contributed by atoms with van der Waals surface area (Å²) in [6, 6.07) is 1.40. The summed E-state index contributed by atoms with van der Waals surface area (Å²) in [4.78, 5) is 27.5. The number of hydrogen-bond acceptors (Lipinski definition) is 7. The summed E-state index contributed by atoms with van der Waals surface area (Å²) in [7, 11) is 0. The first-order valence-corrected chi connectivity index (χ1v) is 12.0. The van der Waals surface area contributed by atoms with Gasteiger partial charge in [-0.1, -0.05) is 79.1 Å². The standard InChI is InChI=1S/C25H41NO6/c1-20(2)13-9-5-7-11-15-29-24(27)31-22-17-23(19-26-18-22)32-25(28)30-16-12-8-6-10-14-21(3)4/h17-21H,5-16H2,1-4H3. The van der Waals surface area contributed by atoms with Crippen molar-refractivity contribution in [2.75, 3.05) is 13.2 Å². The first-order valence-electron chi connectivity index (χ1n) is 12.0. The zero-order valence-corrected chi connectivity index (χ0v) is 20.3. The molecule has 1 heterocycles. The van der Waals surface area contributed by atoms with Gasteiger partial charge in [0.2, 0.25) is 0 Å². The lowest BCUT2D eigenvalue weighted by molar-refractivity contribution is 0.0957. The highest BCUT2D eigenvalue weighted by Crippen LogP contribution is 2.19. The van der Waals surface area contributed by atoms with E-state index in [-0.39, 0.29) is 11.5 Å². The number of aromatic nitrogens is 1. The highest BCUT2D eigenvalue weighted by atomic mass is 16.7. The Morgan fingerprint density at radius 3 is 1.50 bits per heavy atom. The van der Waals surface area contributed by atoms with Crippen LogP contribution in [-0.2, 0) is 9.47 Å². The predicted molar refractivity (Wildman–Crippen MR) is 124 cm³/mol. The van der Waals surface area contributed by atoms with Crippen LogP contribution >= 0.6 is 0 Å². The van der Waals surface area contributed by atoms with Crippen LogP contribution in [0.2, 0.25) is 0 Å². The molecule has 0 aliphatic carbocycles. The van der Waals surface area contributed by atoms with Crippen LogP contribution in [-0.4, -0.2) is 30.5 Å². The average molecular weight is 452 g/mol. The molecule has 0 saturated carbocycles. The monoisotopic (exact) mass is 451 g/mol. The molecule has 1 rings (SSSR count). The maximum atomic E-state index is 11.8. The van der Waals surface area contributed by atoms with E-state index < -0.39 is 12.3 Å². The smallest absolute Gasteiger partial charge is 0.434 e. The van der Waals surface area contributed by atoms with E-state index in [0.717, 1.165) is 50.4 Å². The number of nitrogens with zero attached hydrogens (tertiary/aromatic N) is 1. The van der Waals surface area contributed by atoms with Gasteiger partial charge in [0, 0.05) is 6.07 Å². The molecule has 0 N–H and O–H groups in total. The van der Waals surface area contributed by atoms with E-state index in [0.29, 0.717) is 13.2 Å². The molecule has 0 aliphatic heterocycles. The minimum absolute atomic E-state index is 0.141. The Morgan fingerprint density at radius 2 is 1.09 bits per heavy atom. The molecule has 1 aromatic heterocycles. The van der Waals surface area contributed by atoms with Gasteiger partial charge < -0.3 is 18.9 Å². The van der Waals surface area contributed by atoms with Crippen LogP contribution < -0.4 is 9.47 Å². The summed E-state index contributed by atoms with van der Waals surface area (Å²) in [5, 5.41) is 0. The van der Waals surface area contributed by atoms with Crippen LogP contribution in [0.25, 0.3) is 0 Å². The first-order chi connectivity index (χ1) is 15.4. The number of hydrogen-bond donors (Lipinski definition) is 0. The molecule has 0 aliphatic rings. The van der Waals surface area contributed by atoms with Gasteiger partial charge in [-0.3, -0.25) is 4.98 Å². The van der Waals surface area contributed by atoms with Crippen molar-refractivity contribution in [3.63, 3.8) is 0 Å². The van der Waals surface area contributed by atoms with Gasteiger partial charge in [-0.25, -0.2) is 9.59 Å². The predicted octanol–water partition coefficient (Wildman–Crippen LogP) is 7.33. The Morgan fingerprint density at radius 1 is 0.688 bits per heavy atom. The number of carbonyl (C=O) groups is 2. The van der Waals surface area contributed by atoms with Gasteiger partial charge in [0.25, 0.3) is 0 Å². The maximum Gasteiger partial charge on any atom is 0.513 e. The molecule has 0 fully saturated rings. The highest BCUT2D eigenvalue weighted by Gasteiger charge is 2.11. The van der Waals surface area contributed by atoms with Gasteiger partial charge in [-0.05, 0) is 24.7 Å². The Labute approximate surface area is 193 Å². The third-order valence-electron chi connectivity index (χ3n) is 4.88. The van der Waals surface area contributed by atoms with E-state index in [1.807, 2.05) is 0 Å². The zero-order chi connectivity index (χ0) is 23.6. The molecule has 0 aromatic carbocycles. The van der Waals surface area contributed by atoms with E-state index in [9.17, 15) is 9.59 Å². The second-order valence-corrected chi connectivity index (χ2v) is 8.95. The van der Waals surface area contributed by atoms with Crippen molar-refractivity contribution in [1.82, 2.24) is 4.98 Å². The van der Waals surface area contributed by atoms with Crippen molar-refractivity contribution < 1.29 is 28.5 Å². The first kappa shape index (κ1) is 27.7. The van der Waals surface area contributed by atoms with Gasteiger partial charge in [0.15, 0.2) is 11.5 Å². The van der Waals surface area contributed by atoms with E-state index >= 15 is 0 Å². The number of pyridine rings is 1. The van der Waals surface area contributed by atoms with Crippen molar-refractivity contribution in [1.29, 1.82) is 0 Å². The molecule has 0 saturated heterocycles. The second-order valence-electron chi connectivity index (χ2n) is 8.95. The van der Waals surface area contributed by atoms with Gasteiger partial charge in [0.05, 0.1) is 25.6 Å². The molecule has 0 amide bonds. The maximum absolute atomic E-state index is 11.8. The van der Waals surface area contributed by atoms with Crippen LogP contribution in [0, 0.1) is 11.8 Å². The Bertz CT molecular complexity index is 596. The summed E-state index contributed by atoms with van der Waals surface area (Å²) in [6.07, 6.45) is 11.8. The Kier molecular flexibility index (Phi) is 15.0. The number of carbonyl (C=O) groups excluding carboxylic acids is 2. The van der Waals surface area contributed by atoms with Crippen LogP contribution in [0.15, 0.2) is 18.5 Å². The number of unbranched alkanes of at least 4 members (excludes halogenated alkanes) is 6. The van der Waals surface area contributed by atoms with E-state index in [1.165, 1.54) is 44.1 Å². The number of rotatable bonds is 16. The molecule has 7 heteroatoms. The highest BCUT2D eigenvalue weighted by molar-refractivity contribution is 5.65. The fourth-order valence-electron chi connectivity index (χ4n) is 3.09. The zero-order valence-electron chi connectivity index (χ0n) is 20.3. The normalized spacial score (nSPS) is 10.9. The second kappa shape index (κ2) is 17.3. The van der Waals surface area contributed by atoms with Crippen LogP contribution in [0.1, 0.15) is 91.9 Å². The SMILES string of the molecule is CC(C)CCCCCCOC(=O)Oc1cncc(OC(=O)OCCCCCCC(C)C)c1. The molecule has 182 valence electrons. The Balaban J connectivity index is 2.18. The summed E-state index contributed by atoms with van der Waals surface area (Å²) >= 11 is 0. The molecule has 7 nitrogen and oxygen atoms in total. The molecule has 0 spiro atoms. The van der Waals surface area contributed by atoms with Gasteiger partial charge in [-0.15, -0.1) is 0 Å². The lowest BCUT2D eigenvalue weighted by atomic mass is 10.0. The third kappa shape index (κ3) is 15.5. The lowest BCUT2D eigenvalue weighted by Crippen LogP contribution is -2.13. The fraction of sp³-hybridized carbons (Fsp3) is 0.720. The largest absolute Gasteiger partial charge is 0.513 e. The van der Waals surface area contributed by atoms with Crippen molar-refractivity contribution >= 4 is 12.3 Å². The van der Waals surface area contributed by atoms with Crippen LogP contribution in [0.4, 0.5) is 9.59 Å². The molecular weight excluding hydrogens is 410 g/mol. The van der Waals surface area contributed by atoms with Gasteiger partial charge in [-0.2, -0.15) is 0 Å². The van der Waals surface area contributed by atoms with Crippen LogP contribution in [0.3, 0.4) is 0 Å². The summed E-state index contributed by atoms with van der Waals surface area (Å²) in [5.41, 5.74) is 0. The summed E-state index contributed by atoms with van der Waals surface area (Å²) in [6.45, 7) is 9.49. The van der Waals surface area contributed by atoms with Crippen LogP contribution in [0.5, 0.6) is 11.5 Å². The van der Waals surface area contributed by atoms with E-state index in [2.05, 4.69) is 32.7 Å². The third-order valence-corrected chi connectivity index (χ3v) is 4.88. The minimum Gasteiger partial charge on any atom is -0.434 e. The van der Waals surface area contributed by atoms with Gasteiger partial charge >= 0.3 is 12.3 Å². The van der Waals surface area contributed by atoms with Gasteiger partial charge in [0.1, 0.15) is 0 Å². The fourth-order valence-corrected chi connectivity index (χ4v) is 3.09. The topological polar surface area (TPSA) is 84.0 Å². The molecular formula is C25H41NO6. The van der Waals surface area contributed by atoms with E-state index in [4.69, 9.17) is 18.9 Å². The number of ether oxygens (including phenoxy) is 4. The molecule has 0 unspecified atom stereocenters. The summed E-state index contributed by atoms with van der Waals surface area (Å²) < 4.78 is 20.3. The molecule has 0 bridgehead atoms. The lowest BCUT2D eigenvalue weighted by Gasteiger charge is -2.08. The van der Waals surface area contributed by atoms with Crippen molar-refractivity contribution in [2.24, 2.45) is 11.8 Å². The Hall–Kier alpha value is -2.31. The molecule has 32 heavy (non-hydrogen) atoms. The molecule has 1 aromatic rings.